The molecule has 2 rings (SSSR count). The number of primary amides is 1. The van der Waals surface area contributed by atoms with Gasteiger partial charge in [-0.1, -0.05) is 24.6 Å². The van der Waals surface area contributed by atoms with Crippen molar-refractivity contribution >= 4 is 17.7 Å². The minimum Gasteiger partial charge on any atom is -0.369 e. The highest BCUT2D eigenvalue weighted by Gasteiger charge is 2.23. The number of thioether (sulfide) groups is 1. The number of tetrazole rings is 1. The van der Waals surface area contributed by atoms with E-state index in [1.807, 2.05) is 4.68 Å². The summed E-state index contributed by atoms with van der Waals surface area (Å²) >= 11 is 1.32. The standard InChI is InChI=1S/C9H15N5OS/c1-6(8(10)15)16-9-11-12-13-14(9)7-4-2-3-5-7/h6-7H,2-5H2,1H3,(H2,10,15). The van der Waals surface area contributed by atoms with Crippen molar-refractivity contribution in [3.8, 4) is 0 Å². The van der Waals surface area contributed by atoms with Crippen molar-refractivity contribution in [1.29, 1.82) is 0 Å². The molecule has 1 aliphatic rings. The van der Waals surface area contributed by atoms with E-state index in [1.165, 1.54) is 24.6 Å². The zero-order chi connectivity index (χ0) is 11.5. The molecule has 0 radical (unpaired) electrons. The van der Waals surface area contributed by atoms with Crippen LogP contribution in [0.25, 0.3) is 0 Å². The molecule has 1 heterocycles. The van der Waals surface area contributed by atoms with Gasteiger partial charge in [-0.2, -0.15) is 0 Å². The molecule has 1 aliphatic carbocycles. The van der Waals surface area contributed by atoms with Gasteiger partial charge in [0.05, 0.1) is 11.3 Å². The summed E-state index contributed by atoms with van der Waals surface area (Å²) in [6.45, 7) is 1.76. The zero-order valence-corrected chi connectivity index (χ0v) is 9.98. The first kappa shape index (κ1) is 11.4. The third-order valence-corrected chi connectivity index (χ3v) is 3.88. The number of nitrogens with zero attached hydrogens (tertiary/aromatic N) is 4. The quantitative estimate of drug-likeness (QED) is 0.786. The summed E-state index contributed by atoms with van der Waals surface area (Å²) in [6, 6.07) is 0.387. The van der Waals surface area contributed by atoms with Gasteiger partial charge < -0.3 is 5.73 Å². The number of rotatable bonds is 4. The van der Waals surface area contributed by atoms with E-state index in [1.54, 1.807) is 6.92 Å². The molecule has 0 aliphatic heterocycles. The Kier molecular flexibility index (Phi) is 3.42. The molecule has 1 atom stereocenters. The first-order chi connectivity index (χ1) is 7.68. The van der Waals surface area contributed by atoms with Gasteiger partial charge >= 0.3 is 0 Å². The van der Waals surface area contributed by atoms with Crippen LogP contribution in [0.15, 0.2) is 5.16 Å². The number of nitrogens with two attached hydrogens (primary N) is 1. The van der Waals surface area contributed by atoms with E-state index >= 15 is 0 Å². The van der Waals surface area contributed by atoms with E-state index in [0.29, 0.717) is 11.2 Å². The van der Waals surface area contributed by atoms with Gasteiger partial charge in [-0.05, 0) is 30.2 Å². The highest BCUT2D eigenvalue weighted by molar-refractivity contribution is 8.00. The first-order valence-corrected chi connectivity index (χ1v) is 6.30. The van der Waals surface area contributed by atoms with Crippen LogP contribution in [0.3, 0.4) is 0 Å². The molecule has 0 aromatic carbocycles. The molecular weight excluding hydrogens is 226 g/mol. The van der Waals surface area contributed by atoms with Crippen molar-refractivity contribution in [3.63, 3.8) is 0 Å². The Labute approximate surface area is 98.0 Å². The summed E-state index contributed by atoms with van der Waals surface area (Å²) in [5.74, 6) is -0.342. The zero-order valence-electron chi connectivity index (χ0n) is 9.17. The average Bonchev–Trinajstić information content (AvgIpc) is 2.85. The Bertz CT molecular complexity index is 374. The van der Waals surface area contributed by atoms with Gasteiger partial charge in [0.15, 0.2) is 0 Å². The van der Waals surface area contributed by atoms with Crippen LogP contribution >= 0.6 is 11.8 Å². The summed E-state index contributed by atoms with van der Waals surface area (Å²) in [7, 11) is 0. The number of aromatic nitrogens is 4. The van der Waals surface area contributed by atoms with E-state index in [2.05, 4.69) is 15.5 Å². The second-order valence-electron chi connectivity index (χ2n) is 4.01. The second kappa shape index (κ2) is 4.82. The van der Waals surface area contributed by atoms with Gasteiger partial charge in [-0.15, -0.1) is 5.10 Å². The Morgan fingerprint density at radius 2 is 2.25 bits per heavy atom. The van der Waals surface area contributed by atoms with Gasteiger partial charge in [-0.25, -0.2) is 4.68 Å². The first-order valence-electron chi connectivity index (χ1n) is 5.42. The lowest BCUT2D eigenvalue weighted by molar-refractivity contribution is -0.117. The van der Waals surface area contributed by atoms with Crippen LogP contribution in [0, 0.1) is 0 Å². The molecule has 7 heteroatoms. The molecule has 0 bridgehead atoms. The molecular formula is C9H15N5OS. The molecule has 2 N–H and O–H groups in total. The van der Waals surface area contributed by atoms with Gasteiger partial charge in [0.2, 0.25) is 11.1 Å². The fraction of sp³-hybridized carbons (Fsp3) is 0.778. The van der Waals surface area contributed by atoms with Crippen LogP contribution < -0.4 is 5.73 Å². The molecule has 16 heavy (non-hydrogen) atoms. The molecule has 1 amide bonds. The molecule has 1 unspecified atom stereocenters. The minimum atomic E-state index is -0.342. The number of amides is 1. The van der Waals surface area contributed by atoms with Crippen molar-refractivity contribution in [2.75, 3.05) is 0 Å². The van der Waals surface area contributed by atoms with E-state index in [9.17, 15) is 4.79 Å². The van der Waals surface area contributed by atoms with Crippen LogP contribution in [-0.2, 0) is 4.79 Å². The topological polar surface area (TPSA) is 86.7 Å². The van der Waals surface area contributed by atoms with Crippen LogP contribution in [0.5, 0.6) is 0 Å². The van der Waals surface area contributed by atoms with E-state index in [4.69, 9.17) is 5.73 Å². The summed E-state index contributed by atoms with van der Waals surface area (Å²) in [5.41, 5.74) is 5.22. The molecule has 1 aromatic rings. The third kappa shape index (κ3) is 2.34. The van der Waals surface area contributed by atoms with Gasteiger partial charge in [0, 0.05) is 0 Å². The molecule has 0 spiro atoms. The highest BCUT2D eigenvalue weighted by atomic mass is 32.2. The van der Waals surface area contributed by atoms with E-state index < -0.39 is 0 Å². The smallest absolute Gasteiger partial charge is 0.230 e. The van der Waals surface area contributed by atoms with Gasteiger partial charge in [-0.3, -0.25) is 4.79 Å². The Balaban J connectivity index is 2.09. The molecule has 1 saturated carbocycles. The molecule has 1 fully saturated rings. The number of carbonyl (C=O) groups is 1. The Morgan fingerprint density at radius 1 is 1.56 bits per heavy atom. The normalized spacial score (nSPS) is 18.8. The third-order valence-electron chi connectivity index (χ3n) is 2.82. The lowest BCUT2D eigenvalue weighted by Gasteiger charge is -2.12. The SMILES string of the molecule is CC(Sc1nnnn1C1CCCC1)C(N)=O. The van der Waals surface area contributed by atoms with E-state index in [-0.39, 0.29) is 11.2 Å². The molecule has 1 aromatic heterocycles. The summed E-state index contributed by atoms with van der Waals surface area (Å²) in [4.78, 5) is 11.0. The van der Waals surface area contributed by atoms with Crippen molar-refractivity contribution in [2.24, 2.45) is 5.73 Å². The summed E-state index contributed by atoms with van der Waals surface area (Å²) in [5, 5.41) is 12.0. The maximum atomic E-state index is 11.0. The number of hydrogen-bond donors (Lipinski definition) is 1. The average molecular weight is 241 g/mol. The fourth-order valence-corrected chi connectivity index (χ4v) is 2.67. The van der Waals surface area contributed by atoms with Crippen LogP contribution in [-0.4, -0.2) is 31.4 Å². The number of hydrogen-bond acceptors (Lipinski definition) is 5. The predicted octanol–water partition coefficient (Wildman–Crippen LogP) is 0.754. The maximum absolute atomic E-state index is 11.0. The lowest BCUT2D eigenvalue weighted by atomic mass is 10.3. The molecule has 0 saturated heterocycles. The monoisotopic (exact) mass is 241 g/mol. The fourth-order valence-electron chi connectivity index (χ4n) is 1.86. The van der Waals surface area contributed by atoms with E-state index in [0.717, 1.165) is 12.8 Å². The van der Waals surface area contributed by atoms with Crippen molar-refractivity contribution in [2.45, 2.75) is 49.1 Å². The van der Waals surface area contributed by atoms with Crippen molar-refractivity contribution in [3.05, 3.63) is 0 Å². The second-order valence-corrected chi connectivity index (χ2v) is 5.31. The Hall–Kier alpha value is -1.11. The van der Waals surface area contributed by atoms with Gasteiger partial charge in [0.1, 0.15) is 0 Å². The number of carbonyl (C=O) groups excluding carboxylic acids is 1. The minimum absolute atomic E-state index is 0.300. The summed E-state index contributed by atoms with van der Waals surface area (Å²) < 4.78 is 1.83. The maximum Gasteiger partial charge on any atom is 0.230 e. The van der Waals surface area contributed by atoms with Crippen molar-refractivity contribution in [1.82, 2.24) is 20.2 Å². The van der Waals surface area contributed by atoms with Crippen molar-refractivity contribution < 1.29 is 4.79 Å². The Morgan fingerprint density at radius 3 is 2.88 bits per heavy atom. The molecule has 88 valence electrons. The van der Waals surface area contributed by atoms with Crippen LogP contribution in [0.1, 0.15) is 38.6 Å². The predicted molar refractivity (Wildman–Crippen MR) is 59.8 cm³/mol. The highest BCUT2D eigenvalue weighted by Crippen LogP contribution is 2.32. The summed E-state index contributed by atoms with van der Waals surface area (Å²) in [6.07, 6.45) is 4.67. The van der Waals surface area contributed by atoms with Crippen LogP contribution in [0.4, 0.5) is 0 Å². The largest absolute Gasteiger partial charge is 0.369 e. The lowest BCUT2D eigenvalue weighted by Crippen LogP contribution is -2.23. The van der Waals surface area contributed by atoms with Crippen LogP contribution in [0.2, 0.25) is 0 Å². The van der Waals surface area contributed by atoms with Gasteiger partial charge in [0.25, 0.3) is 0 Å². The molecule has 6 nitrogen and oxygen atoms in total.